The summed E-state index contributed by atoms with van der Waals surface area (Å²) in [5.74, 6) is -1.48. The molecular formula is C16H20FN3O3S. The smallest absolute Gasteiger partial charge is 0.253 e. The van der Waals surface area contributed by atoms with Crippen molar-refractivity contribution in [1.82, 2.24) is 10.0 Å². The van der Waals surface area contributed by atoms with Crippen LogP contribution in [0.25, 0.3) is 5.57 Å². The molecule has 130 valence electrons. The minimum atomic E-state index is -1.89. The molecule has 1 aromatic rings. The van der Waals surface area contributed by atoms with Gasteiger partial charge in [-0.2, -0.15) is 0 Å². The first-order valence-corrected chi connectivity index (χ1v) is 9.05. The number of nitrogens with one attached hydrogen (secondary N) is 2. The fourth-order valence-electron chi connectivity index (χ4n) is 3.04. The second-order valence-electron chi connectivity index (χ2n) is 5.94. The molecule has 2 aliphatic heterocycles. The highest BCUT2D eigenvalue weighted by Crippen LogP contribution is 2.37. The largest absolute Gasteiger partial charge is 0.506 e. The predicted octanol–water partition coefficient (Wildman–Crippen LogP) is 1.59. The lowest BCUT2D eigenvalue weighted by molar-refractivity contribution is -0.117. The molecule has 1 saturated heterocycles. The second kappa shape index (κ2) is 6.90. The zero-order valence-corrected chi connectivity index (χ0v) is 14.2. The van der Waals surface area contributed by atoms with Gasteiger partial charge in [0.25, 0.3) is 5.91 Å². The van der Waals surface area contributed by atoms with Gasteiger partial charge in [-0.15, -0.1) is 0 Å². The van der Waals surface area contributed by atoms with E-state index in [-0.39, 0.29) is 18.0 Å². The lowest BCUT2D eigenvalue weighted by Crippen LogP contribution is -2.33. The number of anilines is 1. The Bertz CT molecular complexity index is 723. The maximum absolute atomic E-state index is 15.0. The maximum atomic E-state index is 15.0. The SMILES string of the molecule is CCCC1CC=C(c2ccc(O)c(N3CC(=O)NS3=O)c2F)CN1. The van der Waals surface area contributed by atoms with Crippen molar-refractivity contribution in [2.75, 3.05) is 17.4 Å². The summed E-state index contributed by atoms with van der Waals surface area (Å²) < 4.78 is 30.1. The number of phenolic OH excluding ortho intramolecular Hbond substituents is 1. The highest BCUT2D eigenvalue weighted by atomic mass is 32.2. The summed E-state index contributed by atoms with van der Waals surface area (Å²) in [7, 11) is 0. The Morgan fingerprint density at radius 3 is 2.83 bits per heavy atom. The minimum absolute atomic E-state index is 0.208. The Morgan fingerprint density at radius 2 is 2.25 bits per heavy atom. The summed E-state index contributed by atoms with van der Waals surface area (Å²) >= 11 is -1.89. The summed E-state index contributed by atoms with van der Waals surface area (Å²) in [6.07, 6.45) is 4.96. The van der Waals surface area contributed by atoms with Gasteiger partial charge in [0.2, 0.25) is 11.2 Å². The van der Waals surface area contributed by atoms with Crippen LogP contribution in [0.3, 0.4) is 0 Å². The molecular weight excluding hydrogens is 333 g/mol. The Hall–Kier alpha value is -1.93. The van der Waals surface area contributed by atoms with Crippen molar-refractivity contribution >= 4 is 28.3 Å². The Labute approximate surface area is 142 Å². The van der Waals surface area contributed by atoms with Crippen molar-refractivity contribution in [3.8, 4) is 5.75 Å². The topological polar surface area (TPSA) is 81.7 Å². The number of phenols is 1. The van der Waals surface area contributed by atoms with Crippen molar-refractivity contribution in [2.45, 2.75) is 32.2 Å². The summed E-state index contributed by atoms with van der Waals surface area (Å²) in [5, 5.41) is 13.4. The molecule has 6 nitrogen and oxygen atoms in total. The first kappa shape index (κ1) is 16.9. The molecule has 3 rings (SSSR count). The lowest BCUT2D eigenvalue weighted by Gasteiger charge is -2.25. The van der Waals surface area contributed by atoms with E-state index in [0.717, 1.165) is 29.1 Å². The van der Waals surface area contributed by atoms with E-state index in [4.69, 9.17) is 0 Å². The van der Waals surface area contributed by atoms with Crippen LogP contribution in [0, 0.1) is 5.82 Å². The molecule has 1 aromatic carbocycles. The number of nitrogens with zero attached hydrogens (tertiary/aromatic N) is 1. The van der Waals surface area contributed by atoms with Crippen LogP contribution >= 0.6 is 0 Å². The molecule has 1 fully saturated rings. The molecule has 0 aromatic heterocycles. The predicted molar refractivity (Wildman–Crippen MR) is 91.0 cm³/mol. The summed E-state index contributed by atoms with van der Waals surface area (Å²) in [5.41, 5.74) is 0.938. The number of hydrogen-bond acceptors (Lipinski definition) is 4. The highest BCUT2D eigenvalue weighted by Gasteiger charge is 2.32. The van der Waals surface area contributed by atoms with Gasteiger partial charge in [0.05, 0.1) is 0 Å². The van der Waals surface area contributed by atoms with E-state index in [1.54, 1.807) is 0 Å². The van der Waals surface area contributed by atoms with Gasteiger partial charge in [-0.1, -0.05) is 19.4 Å². The Morgan fingerprint density at radius 1 is 1.46 bits per heavy atom. The number of amides is 1. The van der Waals surface area contributed by atoms with Crippen LogP contribution in [0.5, 0.6) is 5.75 Å². The van der Waals surface area contributed by atoms with Crippen molar-refractivity contribution in [3.05, 3.63) is 29.6 Å². The van der Waals surface area contributed by atoms with Crippen molar-refractivity contribution < 1.29 is 18.5 Å². The standard InChI is InChI=1S/C16H20FN3O3S/c1-2-3-11-5-4-10(8-18-11)12-6-7-13(21)16(15(12)17)20-9-14(22)19-24(20)23/h4,6-7,11,18,21H,2-3,5,8-9H2,1H3,(H,19,22). The fourth-order valence-corrected chi connectivity index (χ4v) is 3.99. The summed E-state index contributed by atoms with van der Waals surface area (Å²) in [6, 6.07) is 3.27. The number of rotatable bonds is 4. The van der Waals surface area contributed by atoms with Crippen molar-refractivity contribution in [1.29, 1.82) is 0 Å². The molecule has 2 aliphatic rings. The molecule has 24 heavy (non-hydrogen) atoms. The summed E-state index contributed by atoms with van der Waals surface area (Å²) in [6.45, 7) is 2.40. The molecule has 0 bridgehead atoms. The van der Waals surface area contributed by atoms with Gasteiger partial charge in [0, 0.05) is 18.2 Å². The number of benzene rings is 1. The second-order valence-corrected chi connectivity index (χ2v) is 7.08. The average molecular weight is 353 g/mol. The molecule has 1 amide bonds. The van der Waals surface area contributed by atoms with Crippen molar-refractivity contribution in [3.63, 3.8) is 0 Å². The zero-order valence-electron chi connectivity index (χ0n) is 13.3. The summed E-state index contributed by atoms with van der Waals surface area (Å²) in [4.78, 5) is 11.4. The van der Waals surface area contributed by atoms with Gasteiger partial charge in [-0.05, 0) is 30.5 Å². The van der Waals surface area contributed by atoms with Crippen LogP contribution < -0.4 is 14.3 Å². The van der Waals surface area contributed by atoms with E-state index >= 15 is 0 Å². The van der Waals surface area contributed by atoms with Crippen LogP contribution in [0.2, 0.25) is 0 Å². The maximum Gasteiger partial charge on any atom is 0.253 e. The third kappa shape index (κ3) is 3.16. The van der Waals surface area contributed by atoms with Crippen LogP contribution in [0.15, 0.2) is 18.2 Å². The third-order valence-electron chi connectivity index (χ3n) is 4.25. The van der Waals surface area contributed by atoms with Gasteiger partial charge in [-0.3, -0.25) is 13.8 Å². The van der Waals surface area contributed by atoms with Gasteiger partial charge in [0.15, 0.2) is 5.82 Å². The van der Waals surface area contributed by atoms with Crippen LogP contribution in [-0.4, -0.2) is 34.4 Å². The van der Waals surface area contributed by atoms with E-state index in [1.165, 1.54) is 12.1 Å². The quantitative estimate of drug-likeness (QED) is 0.768. The van der Waals surface area contributed by atoms with Gasteiger partial charge in [-0.25, -0.2) is 8.60 Å². The van der Waals surface area contributed by atoms with Crippen LogP contribution in [0.4, 0.5) is 10.1 Å². The number of halogens is 1. The molecule has 8 heteroatoms. The molecule has 2 heterocycles. The Balaban J connectivity index is 1.93. The number of carbonyl (C=O) groups excluding carboxylic acids is 1. The highest BCUT2D eigenvalue weighted by molar-refractivity contribution is 7.85. The van der Waals surface area contributed by atoms with E-state index in [0.29, 0.717) is 18.2 Å². The van der Waals surface area contributed by atoms with Crippen LogP contribution in [0.1, 0.15) is 31.7 Å². The molecule has 0 radical (unpaired) electrons. The van der Waals surface area contributed by atoms with E-state index in [1.807, 2.05) is 6.08 Å². The first-order valence-electron chi connectivity index (χ1n) is 7.94. The zero-order chi connectivity index (χ0) is 17.3. The first-order chi connectivity index (χ1) is 11.5. The molecule has 2 atom stereocenters. The van der Waals surface area contributed by atoms with E-state index in [2.05, 4.69) is 17.0 Å². The number of hydrogen-bond donors (Lipinski definition) is 3. The molecule has 2 unspecified atom stereocenters. The third-order valence-corrected chi connectivity index (χ3v) is 5.36. The molecule has 0 saturated carbocycles. The fraction of sp³-hybridized carbons (Fsp3) is 0.438. The van der Waals surface area contributed by atoms with Crippen LogP contribution in [-0.2, 0) is 16.0 Å². The van der Waals surface area contributed by atoms with E-state index in [9.17, 15) is 18.5 Å². The molecule has 0 spiro atoms. The molecule has 0 aliphatic carbocycles. The minimum Gasteiger partial charge on any atom is -0.506 e. The molecule has 3 N–H and O–H groups in total. The monoisotopic (exact) mass is 353 g/mol. The van der Waals surface area contributed by atoms with Crippen molar-refractivity contribution in [2.24, 2.45) is 0 Å². The normalized spacial score (nSPS) is 24.0. The average Bonchev–Trinajstić information content (AvgIpc) is 2.87. The number of carbonyl (C=O) groups is 1. The Kier molecular flexibility index (Phi) is 4.86. The van der Waals surface area contributed by atoms with E-state index < -0.39 is 22.9 Å². The van der Waals surface area contributed by atoms with Gasteiger partial charge >= 0.3 is 0 Å². The van der Waals surface area contributed by atoms with Gasteiger partial charge in [0.1, 0.15) is 18.0 Å². The van der Waals surface area contributed by atoms with Gasteiger partial charge < -0.3 is 10.4 Å². The lowest BCUT2D eigenvalue weighted by atomic mass is 9.96. The number of aromatic hydroxyl groups is 1.